The van der Waals surface area contributed by atoms with E-state index < -0.39 is 10.0 Å². The SMILES string of the molecule is O=S(=O)(c1ccc2c(c1)C1C3CCC(C3)C1C(c1c(Cl)cccc1Cl)N2)N1CCCCC1. The largest absolute Gasteiger partial charge is 0.378 e. The first-order valence-electron chi connectivity index (χ1n) is 11.8. The number of sulfonamides is 1. The van der Waals surface area contributed by atoms with Crippen molar-refractivity contribution >= 4 is 38.9 Å². The lowest BCUT2D eigenvalue weighted by molar-refractivity contribution is 0.247. The summed E-state index contributed by atoms with van der Waals surface area (Å²) in [6.45, 7) is 1.25. The Bertz CT molecular complexity index is 1140. The Balaban J connectivity index is 1.44. The number of piperidine rings is 1. The van der Waals surface area contributed by atoms with Gasteiger partial charge in [-0.2, -0.15) is 4.31 Å². The van der Waals surface area contributed by atoms with E-state index >= 15 is 0 Å². The highest BCUT2D eigenvalue weighted by Gasteiger charge is 2.54. The van der Waals surface area contributed by atoms with Crippen LogP contribution in [0.1, 0.15) is 61.6 Å². The summed E-state index contributed by atoms with van der Waals surface area (Å²) in [7, 11) is -3.45. The third-order valence-electron chi connectivity index (χ3n) is 8.32. The predicted octanol–water partition coefficient (Wildman–Crippen LogP) is 6.46. The third-order valence-corrected chi connectivity index (χ3v) is 10.9. The van der Waals surface area contributed by atoms with Gasteiger partial charge in [-0.05, 0) is 91.7 Å². The average molecular weight is 491 g/mol. The number of fused-ring (bicyclic) bond motifs is 7. The monoisotopic (exact) mass is 490 g/mol. The van der Waals surface area contributed by atoms with E-state index in [0.717, 1.165) is 30.5 Å². The highest BCUT2D eigenvalue weighted by molar-refractivity contribution is 7.89. The van der Waals surface area contributed by atoms with E-state index in [1.165, 1.54) is 24.8 Å². The van der Waals surface area contributed by atoms with Crippen molar-refractivity contribution < 1.29 is 8.42 Å². The van der Waals surface area contributed by atoms with Crippen molar-refractivity contribution in [2.75, 3.05) is 18.4 Å². The molecule has 2 aromatic carbocycles. The Kier molecular flexibility index (Phi) is 5.25. The zero-order valence-electron chi connectivity index (χ0n) is 17.9. The van der Waals surface area contributed by atoms with Gasteiger partial charge in [0.25, 0.3) is 0 Å². The van der Waals surface area contributed by atoms with Crippen LogP contribution in [-0.2, 0) is 10.0 Å². The molecule has 2 aliphatic heterocycles. The summed E-state index contributed by atoms with van der Waals surface area (Å²) in [5.74, 6) is 1.94. The Labute approximate surface area is 200 Å². The van der Waals surface area contributed by atoms with E-state index in [-0.39, 0.29) is 6.04 Å². The molecule has 0 spiro atoms. The molecule has 2 saturated carbocycles. The Hall–Kier alpha value is -1.27. The Morgan fingerprint density at radius 1 is 0.938 bits per heavy atom. The number of rotatable bonds is 3. The van der Waals surface area contributed by atoms with E-state index in [0.29, 0.717) is 51.7 Å². The number of hydrogen-bond acceptors (Lipinski definition) is 3. The predicted molar refractivity (Wildman–Crippen MR) is 129 cm³/mol. The van der Waals surface area contributed by atoms with E-state index in [2.05, 4.69) is 5.32 Å². The third kappa shape index (κ3) is 3.23. The van der Waals surface area contributed by atoms with Gasteiger partial charge in [-0.25, -0.2) is 8.42 Å². The first-order chi connectivity index (χ1) is 15.4. The lowest BCUT2D eigenvalue weighted by Gasteiger charge is -2.44. The summed E-state index contributed by atoms with van der Waals surface area (Å²) in [4.78, 5) is 0.440. The molecule has 0 amide bonds. The summed E-state index contributed by atoms with van der Waals surface area (Å²) in [6.07, 6.45) is 6.66. The second-order valence-electron chi connectivity index (χ2n) is 9.91. The highest BCUT2D eigenvalue weighted by Crippen LogP contribution is 2.64. The van der Waals surface area contributed by atoms with Crippen molar-refractivity contribution in [2.45, 2.75) is 55.4 Å². The van der Waals surface area contributed by atoms with E-state index in [4.69, 9.17) is 23.2 Å². The van der Waals surface area contributed by atoms with Crippen LogP contribution in [-0.4, -0.2) is 25.8 Å². The van der Waals surface area contributed by atoms with Crippen LogP contribution in [0.15, 0.2) is 41.3 Å². The molecule has 7 heteroatoms. The Morgan fingerprint density at radius 2 is 1.66 bits per heavy atom. The fraction of sp³-hybridized carbons (Fsp3) is 0.520. The zero-order chi connectivity index (χ0) is 22.0. The maximum absolute atomic E-state index is 13.4. The van der Waals surface area contributed by atoms with Crippen molar-refractivity contribution in [3.8, 4) is 0 Å². The molecular weight excluding hydrogens is 463 g/mol. The van der Waals surface area contributed by atoms with Crippen molar-refractivity contribution in [3.63, 3.8) is 0 Å². The van der Waals surface area contributed by atoms with Gasteiger partial charge in [0.15, 0.2) is 0 Å². The van der Waals surface area contributed by atoms with Crippen LogP contribution in [0.4, 0.5) is 5.69 Å². The minimum atomic E-state index is -3.45. The fourth-order valence-corrected chi connectivity index (χ4v) is 9.16. The molecule has 2 heterocycles. The first-order valence-corrected chi connectivity index (χ1v) is 14.0. The summed E-state index contributed by atoms with van der Waals surface area (Å²) in [5, 5.41) is 5.13. The molecule has 2 aromatic rings. The summed E-state index contributed by atoms with van der Waals surface area (Å²) >= 11 is 13.3. The molecule has 4 aliphatic rings. The molecule has 2 bridgehead atoms. The minimum absolute atomic E-state index is 0.0496. The number of halogens is 2. The lowest BCUT2D eigenvalue weighted by Crippen LogP contribution is -2.37. The summed E-state index contributed by atoms with van der Waals surface area (Å²) in [5.41, 5.74) is 3.17. The minimum Gasteiger partial charge on any atom is -0.378 e. The molecule has 5 unspecified atom stereocenters. The van der Waals surface area contributed by atoms with Crippen molar-refractivity contribution in [1.82, 2.24) is 4.31 Å². The van der Waals surface area contributed by atoms with E-state index in [1.54, 1.807) is 10.4 Å². The van der Waals surface area contributed by atoms with Gasteiger partial charge < -0.3 is 5.32 Å². The summed E-state index contributed by atoms with van der Waals surface area (Å²) < 4.78 is 28.4. The normalized spacial score (nSPS) is 31.8. The molecule has 6 rings (SSSR count). The maximum Gasteiger partial charge on any atom is 0.243 e. The number of benzene rings is 2. The quantitative estimate of drug-likeness (QED) is 0.536. The van der Waals surface area contributed by atoms with Crippen molar-refractivity contribution in [2.24, 2.45) is 17.8 Å². The number of nitrogens with one attached hydrogen (secondary N) is 1. The number of nitrogens with zero attached hydrogens (tertiary/aromatic N) is 1. The van der Waals surface area contributed by atoms with Crippen molar-refractivity contribution in [3.05, 3.63) is 57.6 Å². The van der Waals surface area contributed by atoms with Crippen LogP contribution in [0.3, 0.4) is 0 Å². The fourth-order valence-electron chi connectivity index (χ4n) is 6.98. The van der Waals surface area contributed by atoms with Gasteiger partial charge in [-0.1, -0.05) is 35.7 Å². The smallest absolute Gasteiger partial charge is 0.243 e. The molecule has 32 heavy (non-hydrogen) atoms. The van der Waals surface area contributed by atoms with E-state index in [1.807, 2.05) is 30.3 Å². The molecule has 5 atom stereocenters. The second-order valence-corrected chi connectivity index (χ2v) is 12.7. The molecule has 2 aliphatic carbocycles. The van der Waals surface area contributed by atoms with Gasteiger partial charge >= 0.3 is 0 Å². The zero-order valence-corrected chi connectivity index (χ0v) is 20.3. The van der Waals surface area contributed by atoms with Gasteiger partial charge in [-0.15, -0.1) is 0 Å². The van der Waals surface area contributed by atoms with Crippen LogP contribution in [0.5, 0.6) is 0 Å². The van der Waals surface area contributed by atoms with Crippen LogP contribution in [0, 0.1) is 17.8 Å². The number of hydrogen-bond donors (Lipinski definition) is 1. The van der Waals surface area contributed by atoms with Crippen LogP contribution in [0.2, 0.25) is 10.0 Å². The standard InChI is InChI=1S/C25H28Cl2N2O2S/c26-19-5-4-6-20(27)24(19)25-23-16-8-7-15(13-16)22(23)18-14-17(9-10-21(18)28-25)32(30,31)29-11-2-1-3-12-29/h4-6,9-10,14-16,22-23,25,28H,1-3,7-8,11-13H2. The molecule has 3 fully saturated rings. The second kappa shape index (κ2) is 7.90. The topological polar surface area (TPSA) is 49.4 Å². The van der Waals surface area contributed by atoms with Gasteiger partial charge in [0.1, 0.15) is 0 Å². The molecular formula is C25H28Cl2N2O2S. The van der Waals surface area contributed by atoms with E-state index in [9.17, 15) is 8.42 Å². The van der Waals surface area contributed by atoms with Crippen LogP contribution in [0.25, 0.3) is 0 Å². The van der Waals surface area contributed by atoms with Gasteiger partial charge in [-0.3, -0.25) is 0 Å². The molecule has 0 aromatic heterocycles. The van der Waals surface area contributed by atoms with Gasteiger partial charge in [0, 0.05) is 34.4 Å². The maximum atomic E-state index is 13.4. The average Bonchev–Trinajstić information content (AvgIpc) is 3.42. The van der Waals surface area contributed by atoms with Gasteiger partial charge in [0.2, 0.25) is 10.0 Å². The molecule has 1 saturated heterocycles. The highest BCUT2D eigenvalue weighted by atomic mass is 35.5. The molecule has 1 N–H and O–H groups in total. The number of anilines is 1. The molecule has 4 nitrogen and oxygen atoms in total. The lowest BCUT2D eigenvalue weighted by atomic mass is 9.68. The first kappa shape index (κ1) is 21.3. The molecule has 170 valence electrons. The summed E-state index contributed by atoms with van der Waals surface area (Å²) in [6, 6.07) is 11.5. The van der Waals surface area contributed by atoms with Crippen LogP contribution < -0.4 is 5.32 Å². The molecule has 0 radical (unpaired) electrons. The Morgan fingerprint density at radius 3 is 2.41 bits per heavy atom. The van der Waals surface area contributed by atoms with Crippen LogP contribution >= 0.6 is 23.2 Å². The van der Waals surface area contributed by atoms with Crippen molar-refractivity contribution in [1.29, 1.82) is 0 Å². The van der Waals surface area contributed by atoms with Gasteiger partial charge in [0.05, 0.1) is 10.9 Å².